The van der Waals surface area contributed by atoms with E-state index in [0.29, 0.717) is 57.8 Å². The molecule has 182 valence electrons. The van der Waals surface area contributed by atoms with E-state index < -0.39 is 18.0 Å². The Hall–Kier alpha value is -3.41. The fourth-order valence-electron chi connectivity index (χ4n) is 4.10. The third-order valence-corrected chi connectivity index (χ3v) is 6.12. The number of hydrogen-bond donors (Lipinski definition) is 3. The fraction of sp³-hybridized carbons (Fsp3) is 0.500. The van der Waals surface area contributed by atoms with Crippen LogP contribution in [0.25, 0.3) is 5.65 Å². The Bertz CT molecular complexity index is 1070. The highest BCUT2D eigenvalue weighted by molar-refractivity contribution is 6.08. The Morgan fingerprint density at radius 3 is 2.65 bits per heavy atom. The number of hydrogen-bond acceptors (Lipinski definition) is 8. The van der Waals surface area contributed by atoms with Crippen LogP contribution in [-0.2, 0) is 9.53 Å². The maximum atomic E-state index is 13.3. The number of rotatable bonds is 8. The zero-order chi connectivity index (χ0) is 24.1. The van der Waals surface area contributed by atoms with Crippen LogP contribution in [0.15, 0.2) is 30.4 Å². The largest absolute Gasteiger partial charge is 0.386 e. The van der Waals surface area contributed by atoms with Crippen LogP contribution in [0, 0.1) is 11.3 Å². The molecule has 0 unspecified atom stereocenters. The first-order chi connectivity index (χ1) is 16.5. The second kappa shape index (κ2) is 10.7. The van der Waals surface area contributed by atoms with Crippen LogP contribution in [0.5, 0.6) is 0 Å². The Morgan fingerprint density at radius 1 is 1.24 bits per heavy atom. The van der Waals surface area contributed by atoms with Crippen molar-refractivity contribution in [2.75, 3.05) is 31.2 Å². The van der Waals surface area contributed by atoms with Gasteiger partial charge in [-0.2, -0.15) is 5.10 Å². The molecule has 12 heteroatoms. The summed E-state index contributed by atoms with van der Waals surface area (Å²) in [5, 5.41) is 17.3. The molecule has 2 aliphatic rings. The lowest BCUT2D eigenvalue weighted by Gasteiger charge is -2.27. The molecule has 1 aliphatic carbocycles. The Labute approximate surface area is 194 Å². The van der Waals surface area contributed by atoms with E-state index in [2.05, 4.69) is 20.7 Å². The van der Waals surface area contributed by atoms with E-state index in [1.807, 2.05) is 4.90 Å². The highest BCUT2D eigenvalue weighted by Crippen LogP contribution is 2.23. The molecule has 34 heavy (non-hydrogen) atoms. The van der Waals surface area contributed by atoms with Crippen LogP contribution in [0.2, 0.25) is 0 Å². The molecule has 1 aliphatic heterocycles. The summed E-state index contributed by atoms with van der Waals surface area (Å²) in [6.07, 6.45) is 4.95. The normalized spacial score (nSPS) is 21.5. The van der Waals surface area contributed by atoms with Crippen LogP contribution in [0.1, 0.15) is 36.0 Å². The van der Waals surface area contributed by atoms with E-state index in [1.54, 1.807) is 12.3 Å². The summed E-state index contributed by atoms with van der Waals surface area (Å²) < 4.78 is 33.4. The first kappa shape index (κ1) is 23.7. The SMILES string of the molecule is N=C(/C(=C\N[C@H]1CC[C@H](C=O)CC1)NC(=O)c1cnn2ccc(N3CCOCC3)nc12)C(F)F. The monoisotopic (exact) mass is 475 g/mol. The van der Waals surface area contributed by atoms with Crippen LogP contribution in [0.4, 0.5) is 14.6 Å². The van der Waals surface area contributed by atoms with Gasteiger partial charge in [0, 0.05) is 37.4 Å². The Kier molecular flexibility index (Phi) is 7.46. The number of aldehydes is 1. The van der Waals surface area contributed by atoms with E-state index in [4.69, 9.17) is 10.1 Å². The summed E-state index contributed by atoms with van der Waals surface area (Å²) >= 11 is 0. The molecule has 1 amide bonds. The van der Waals surface area contributed by atoms with Crippen molar-refractivity contribution < 1.29 is 23.1 Å². The summed E-state index contributed by atoms with van der Waals surface area (Å²) in [7, 11) is 0. The molecule has 2 fully saturated rings. The van der Waals surface area contributed by atoms with Gasteiger partial charge in [-0.15, -0.1) is 0 Å². The number of anilines is 1. The van der Waals surface area contributed by atoms with Crippen molar-refractivity contribution in [3.63, 3.8) is 0 Å². The van der Waals surface area contributed by atoms with Gasteiger partial charge in [-0.1, -0.05) is 0 Å². The van der Waals surface area contributed by atoms with Gasteiger partial charge >= 0.3 is 0 Å². The van der Waals surface area contributed by atoms with Gasteiger partial charge in [0.1, 0.15) is 23.4 Å². The number of carbonyl (C=O) groups is 2. The van der Waals surface area contributed by atoms with Gasteiger partial charge in [-0.05, 0) is 31.7 Å². The first-order valence-corrected chi connectivity index (χ1v) is 11.2. The van der Waals surface area contributed by atoms with Gasteiger partial charge in [0.25, 0.3) is 12.3 Å². The molecular formula is C22H27F2N7O3. The first-order valence-electron chi connectivity index (χ1n) is 11.2. The molecular weight excluding hydrogens is 448 g/mol. The number of nitrogens with one attached hydrogen (secondary N) is 3. The van der Waals surface area contributed by atoms with Gasteiger partial charge in [0.05, 0.1) is 25.1 Å². The minimum Gasteiger partial charge on any atom is -0.386 e. The summed E-state index contributed by atoms with van der Waals surface area (Å²) in [5.41, 5.74) is -0.929. The van der Waals surface area contributed by atoms with Crippen molar-refractivity contribution in [2.45, 2.75) is 38.2 Å². The number of fused-ring (bicyclic) bond motifs is 1. The zero-order valence-electron chi connectivity index (χ0n) is 18.5. The van der Waals surface area contributed by atoms with Crippen LogP contribution >= 0.6 is 0 Å². The predicted octanol–water partition coefficient (Wildman–Crippen LogP) is 1.77. The topological polar surface area (TPSA) is 125 Å². The summed E-state index contributed by atoms with van der Waals surface area (Å²) in [6, 6.07) is 1.76. The number of amides is 1. The summed E-state index contributed by atoms with van der Waals surface area (Å²) in [4.78, 5) is 30.5. The average molecular weight is 476 g/mol. The van der Waals surface area contributed by atoms with E-state index >= 15 is 0 Å². The molecule has 0 atom stereocenters. The standard InChI is InChI=1S/C22H27F2N7O3/c23-20(24)19(25)17(12-26-15-3-1-14(13-32)2-4-15)28-22(33)16-11-27-31-6-5-18(29-21(16)31)30-7-9-34-10-8-30/h5-6,11-15,20,25-26H,1-4,7-10H2,(H,28,33)/b17-12+,25-19?/t14-,15-. The van der Waals surface area contributed by atoms with Gasteiger partial charge < -0.3 is 25.1 Å². The van der Waals surface area contributed by atoms with Gasteiger partial charge in [0.2, 0.25) is 0 Å². The van der Waals surface area contributed by atoms with E-state index in [-0.39, 0.29) is 28.9 Å². The quantitative estimate of drug-likeness (QED) is 0.393. The number of ether oxygens (including phenoxy) is 1. The molecule has 0 spiro atoms. The van der Waals surface area contributed by atoms with Crippen molar-refractivity contribution in [3.8, 4) is 0 Å². The molecule has 0 aromatic carbocycles. The second-order valence-corrected chi connectivity index (χ2v) is 8.35. The molecule has 1 saturated carbocycles. The molecule has 3 heterocycles. The lowest BCUT2D eigenvalue weighted by atomic mass is 9.87. The van der Waals surface area contributed by atoms with Crippen LogP contribution in [-0.4, -0.2) is 71.3 Å². The molecule has 1 saturated heterocycles. The van der Waals surface area contributed by atoms with E-state index in [9.17, 15) is 18.4 Å². The number of allylic oxidation sites excluding steroid dienone is 1. The Morgan fingerprint density at radius 2 is 1.97 bits per heavy atom. The lowest BCUT2D eigenvalue weighted by Crippen LogP contribution is -2.37. The number of aromatic nitrogens is 3. The predicted molar refractivity (Wildman–Crippen MR) is 120 cm³/mol. The van der Waals surface area contributed by atoms with Crippen molar-refractivity contribution in [2.24, 2.45) is 5.92 Å². The van der Waals surface area contributed by atoms with Crippen molar-refractivity contribution in [3.05, 3.63) is 35.9 Å². The fourth-order valence-corrected chi connectivity index (χ4v) is 4.10. The van der Waals surface area contributed by atoms with Crippen molar-refractivity contribution >= 4 is 29.4 Å². The van der Waals surface area contributed by atoms with E-state index in [0.717, 1.165) is 6.29 Å². The third-order valence-electron chi connectivity index (χ3n) is 6.12. The number of halogens is 2. The Balaban J connectivity index is 1.51. The third kappa shape index (κ3) is 5.38. The van der Waals surface area contributed by atoms with Crippen LogP contribution < -0.4 is 15.5 Å². The number of carbonyl (C=O) groups excluding carboxylic acids is 2. The molecule has 4 rings (SSSR count). The van der Waals surface area contributed by atoms with E-state index in [1.165, 1.54) is 16.9 Å². The molecule has 2 aromatic rings. The molecule has 0 radical (unpaired) electrons. The number of morpholine rings is 1. The maximum absolute atomic E-state index is 13.3. The van der Waals surface area contributed by atoms with Crippen molar-refractivity contribution in [1.29, 1.82) is 5.41 Å². The van der Waals surface area contributed by atoms with Gasteiger partial charge in [-0.25, -0.2) is 18.3 Å². The van der Waals surface area contributed by atoms with Gasteiger partial charge in [0.15, 0.2) is 5.65 Å². The second-order valence-electron chi connectivity index (χ2n) is 8.35. The maximum Gasteiger partial charge on any atom is 0.281 e. The van der Waals surface area contributed by atoms with Crippen LogP contribution in [0.3, 0.4) is 0 Å². The number of nitrogens with zero attached hydrogens (tertiary/aromatic N) is 4. The highest BCUT2D eigenvalue weighted by Gasteiger charge is 2.24. The minimum atomic E-state index is -3.06. The highest BCUT2D eigenvalue weighted by atomic mass is 19.3. The van der Waals surface area contributed by atoms with Gasteiger partial charge in [-0.3, -0.25) is 10.2 Å². The summed E-state index contributed by atoms with van der Waals surface area (Å²) in [6.45, 7) is 2.48. The average Bonchev–Trinajstić information content (AvgIpc) is 3.30. The lowest BCUT2D eigenvalue weighted by molar-refractivity contribution is -0.111. The molecule has 0 bridgehead atoms. The molecule has 2 aromatic heterocycles. The zero-order valence-corrected chi connectivity index (χ0v) is 18.5. The molecule has 3 N–H and O–H groups in total. The minimum absolute atomic E-state index is 0.0195. The van der Waals surface area contributed by atoms with Crippen molar-refractivity contribution in [1.82, 2.24) is 25.2 Å². The summed E-state index contributed by atoms with van der Waals surface area (Å²) in [5.74, 6) is -0.00943. The number of alkyl halides is 2. The smallest absolute Gasteiger partial charge is 0.281 e. The molecule has 10 nitrogen and oxygen atoms in total.